The molecule has 2 saturated heterocycles. The van der Waals surface area contributed by atoms with Gasteiger partial charge in [0.15, 0.2) is 0 Å². The van der Waals surface area contributed by atoms with Gasteiger partial charge in [0.25, 0.3) is 0 Å². The number of piperazine rings is 2. The largest absolute Gasteiger partial charge is 0.483 e. The summed E-state index contributed by atoms with van der Waals surface area (Å²) in [5, 5.41) is 9.89. The van der Waals surface area contributed by atoms with Crippen molar-refractivity contribution in [3.8, 4) is 22.9 Å². The van der Waals surface area contributed by atoms with Crippen molar-refractivity contribution in [2.75, 3.05) is 62.2 Å². The van der Waals surface area contributed by atoms with Gasteiger partial charge in [-0.3, -0.25) is 14.4 Å². The molecular weight excluding hydrogens is 892 g/mol. The lowest BCUT2D eigenvalue weighted by Crippen LogP contribution is -2.53. The van der Waals surface area contributed by atoms with Crippen LogP contribution >= 0.6 is 23.2 Å². The van der Waals surface area contributed by atoms with E-state index >= 15 is 0 Å². The van der Waals surface area contributed by atoms with Gasteiger partial charge in [0.2, 0.25) is 27.4 Å². The number of rotatable bonds is 9. The molecule has 2 aliphatic heterocycles. The molecule has 2 aliphatic carbocycles. The van der Waals surface area contributed by atoms with Crippen LogP contribution in [0.25, 0.3) is 11.4 Å². The van der Waals surface area contributed by atoms with E-state index in [1.54, 1.807) is 81.7 Å². The number of aromatic nitrogens is 4. The topological polar surface area (TPSA) is 152 Å². The third-order valence-electron chi connectivity index (χ3n) is 12.4. The summed E-state index contributed by atoms with van der Waals surface area (Å²) < 4.78 is 41.5. The van der Waals surface area contributed by atoms with Crippen LogP contribution in [0.5, 0.6) is 11.5 Å². The third kappa shape index (κ3) is 11.1. The van der Waals surface area contributed by atoms with Crippen LogP contribution < -0.4 is 30.4 Å². The van der Waals surface area contributed by atoms with Crippen molar-refractivity contribution < 1.29 is 22.7 Å². The Hall–Kier alpha value is -4.64. The molecule has 1 amide bonds. The predicted molar refractivity (Wildman–Crippen MR) is 256 cm³/mol. The van der Waals surface area contributed by atoms with E-state index in [4.69, 9.17) is 32.7 Å². The lowest BCUT2D eigenvalue weighted by Gasteiger charge is -2.39. The van der Waals surface area contributed by atoms with Crippen molar-refractivity contribution in [1.29, 1.82) is 0 Å². The van der Waals surface area contributed by atoms with Crippen molar-refractivity contribution >= 4 is 50.5 Å². The number of anilines is 2. The fourth-order valence-electron chi connectivity index (χ4n) is 8.64. The third-order valence-corrected chi connectivity index (χ3v) is 15.4. The summed E-state index contributed by atoms with van der Waals surface area (Å²) in [6.45, 7) is 15.0. The molecule has 0 spiro atoms. The Bertz CT molecular complexity index is 2550. The molecule has 4 heterocycles. The molecule has 8 rings (SSSR count). The van der Waals surface area contributed by atoms with Crippen molar-refractivity contribution in [3.05, 3.63) is 91.7 Å². The maximum absolute atomic E-state index is 13.5. The molecule has 4 aromatic rings. The molecule has 2 aromatic heterocycles. The molecule has 0 radical (unpaired) electrons. The maximum Gasteiger partial charge on any atom is 0.316 e. The van der Waals surface area contributed by atoms with E-state index in [2.05, 4.69) is 15.1 Å². The summed E-state index contributed by atoms with van der Waals surface area (Å²) in [6, 6.07) is 14.0. The Balaban J connectivity index is 0.000000194. The highest BCUT2D eigenvalue weighted by molar-refractivity contribution is 7.90. The molecular formula is C47H62Cl2N8O7S. The van der Waals surface area contributed by atoms with Gasteiger partial charge in [-0.05, 0) is 109 Å². The van der Waals surface area contributed by atoms with E-state index in [1.165, 1.54) is 13.7 Å². The number of benzene rings is 2. The van der Waals surface area contributed by atoms with Gasteiger partial charge < -0.3 is 24.2 Å². The van der Waals surface area contributed by atoms with Crippen molar-refractivity contribution in [2.24, 2.45) is 5.41 Å². The highest BCUT2D eigenvalue weighted by atomic mass is 35.5. The van der Waals surface area contributed by atoms with Crippen molar-refractivity contribution in [1.82, 2.24) is 28.8 Å². The van der Waals surface area contributed by atoms with E-state index in [1.807, 2.05) is 30.6 Å². The molecule has 0 atom stereocenters. The second-order valence-corrected chi connectivity index (χ2v) is 22.8. The van der Waals surface area contributed by atoms with Crippen molar-refractivity contribution in [3.63, 3.8) is 0 Å². The van der Waals surface area contributed by atoms with E-state index in [0.29, 0.717) is 90.9 Å². The number of sulfonamides is 1. The average Bonchev–Trinajstić information content (AvgIpc) is 4.00. The predicted octanol–water partition coefficient (Wildman–Crippen LogP) is 7.36. The molecule has 2 aromatic carbocycles. The SMILES string of the molecule is CC(C)(C)C(=O)N1CCN(c2cnn(-c3cccc(Cl)c3)c(=O)c2OC2CCCC2)CC1.CC(C)(C)S(=O)(=O)N1CCN(c2cnn(-c3cccc(Cl)c3)c(=O)c2OC2CCCC2)CC1. The number of carbonyl (C=O) groups is 1. The van der Waals surface area contributed by atoms with Gasteiger partial charge in [-0.2, -0.15) is 23.9 Å². The number of hydrogen-bond donors (Lipinski definition) is 0. The molecule has 0 N–H and O–H groups in total. The number of amides is 1. The van der Waals surface area contributed by atoms with Gasteiger partial charge in [-0.25, -0.2) is 8.42 Å². The standard InChI is InChI=1S/C24H31ClN4O3.C23H31ClN4O4S/c1-24(2,3)23(31)28-13-11-27(12-14-28)20-16-26-29(18-8-6-7-17(25)15-18)22(30)21(20)32-19-9-4-5-10-19;1-23(2,3)33(30,31)27-13-11-26(12-14-27)20-16-25-28(18-8-6-7-17(24)15-18)22(29)21(20)32-19-9-4-5-10-19/h6-8,15-16,19H,4-5,9-14H2,1-3H3;6-8,15-16,19H,4-5,9-14H2,1-3H3. The van der Waals surface area contributed by atoms with Crippen LogP contribution in [-0.4, -0.2) is 112 Å². The summed E-state index contributed by atoms with van der Waals surface area (Å²) in [4.78, 5) is 45.6. The van der Waals surface area contributed by atoms with Gasteiger partial charge in [0.1, 0.15) is 11.4 Å². The Labute approximate surface area is 392 Å². The Morgan fingerprint density at radius 1 is 0.631 bits per heavy atom. The Morgan fingerprint density at radius 2 is 1.03 bits per heavy atom. The number of nitrogens with zero attached hydrogens (tertiary/aromatic N) is 8. The van der Waals surface area contributed by atoms with Crippen LogP contribution in [0.1, 0.15) is 92.9 Å². The van der Waals surface area contributed by atoms with Crippen LogP contribution in [-0.2, 0) is 14.8 Å². The monoisotopic (exact) mass is 952 g/mol. The highest BCUT2D eigenvalue weighted by Gasteiger charge is 2.38. The maximum atomic E-state index is 13.5. The summed E-state index contributed by atoms with van der Waals surface area (Å²) in [6.07, 6.45) is 11.5. The number of carbonyl (C=O) groups excluding carboxylic acids is 1. The van der Waals surface area contributed by atoms with Crippen molar-refractivity contribution in [2.45, 2.75) is 110 Å². The second-order valence-electron chi connectivity index (χ2n) is 19.2. The smallest absolute Gasteiger partial charge is 0.316 e. The minimum atomic E-state index is -3.41. The van der Waals surface area contributed by atoms with Crippen LogP contribution in [0.4, 0.5) is 11.4 Å². The molecule has 4 aliphatic rings. The van der Waals surface area contributed by atoms with E-state index < -0.39 is 20.2 Å². The summed E-state index contributed by atoms with van der Waals surface area (Å²) in [5.74, 6) is 0.751. The lowest BCUT2D eigenvalue weighted by molar-refractivity contribution is -0.139. The summed E-state index contributed by atoms with van der Waals surface area (Å²) in [7, 11) is -3.41. The first-order valence-electron chi connectivity index (χ1n) is 22.7. The summed E-state index contributed by atoms with van der Waals surface area (Å²) >= 11 is 12.3. The first-order chi connectivity index (χ1) is 30.8. The highest BCUT2D eigenvalue weighted by Crippen LogP contribution is 2.33. The lowest BCUT2D eigenvalue weighted by atomic mass is 9.94. The minimum absolute atomic E-state index is 0.00535. The molecule has 4 fully saturated rings. The quantitative estimate of drug-likeness (QED) is 0.166. The molecule has 18 heteroatoms. The zero-order valence-corrected chi connectivity index (χ0v) is 40.7. The molecule has 0 bridgehead atoms. The van der Waals surface area contributed by atoms with Crippen LogP contribution in [0.15, 0.2) is 70.5 Å². The average molecular weight is 954 g/mol. The zero-order valence-electron chi connectivity index (χ0n) is 38.3. The molecule has 15 nitrogen and oxygen atoms in total. The molecule has 0 unspecified atom stereocenters. The normalized spacial score (nSPS) is 18.1. The van der Waals surface area contributed by atoms with Crippen LogP contribution in [0.2, 0.25) is 10.0 Å². The fraction of sp³-hybridized carbons (Fsp3) is 0.553. The van der Waals surface area contributed by atoms with Crippen LogP contribution in [0.3, 0.4) is 0 Å². The second kappa shape index (κ2) is 20.1. The molecule has 352 valence electrons. The number of hydrogen-bond acceptors (Lipinski definition) is 11. The van der Waals surface area contributed by atoms with E-state index in [9.17, 15) is 22.8 Å². The van der Waals surface area contributed by atoms with Gasteiger partial charge in [0.05, 0.1) is 40.7 Å². The first kappa shape index (κ1) is 48.3. The molecule has 2 saturated carbocycles. The fourth-order valence-corrected chi connectivity index (χ4v) is 10.4. The van der Waals surface area contributed by atoms with Gasteiger partial charge >= 0.3 is 11.1 Å². The summed E-state index contributed by atoms with van der Waals surface area (Å²) in [5.41, 5.74) is 1.44. The minimum Gasteiger partial charge on any atom is -0.483 e. The zero-order chi connectivity index (χ0) is 46.7. The van der Waals surface area contributed by atoms with E-state index in [0.717, 1.165) is 51.4 Å². The molecule has 65 heavy (non-hydrogen) atoms. The van der Waals surface area contributed by atoms with Gasteiger partial charge in [0, 0.05) is 67.8 Å². The van der Waals surface area contributed by atoms with E-state index in [-0.39, 0.29) is 35.0 Å². The first-order valence-corrected chi connectivity index (χ1v) is 24.9. The Kier molecular flexibility index (Phi) is 14.9. The number of halogens is 2. The Morgan fingerprint density at radius 3 is 1.40 bits per heavy atom. The van der Waals surface area contributed by atoms with Gasteiger partial charge in [-0.1, -0.05) is 56.1 Å². The van der Waals surface area contributed by atoms with Crippen LogP contribution in [0, 0.1) is 5.41 Å². The van der Waals surface area contributed by atoms with Gasteiger partial charge in [-0.15, -0.1) is 0 Å². The number of ether oxygens (including phenoxy) is 2.